The van der Waals surface area contributed by atoms with Crippen LogP contribution in [0.2, 0.25) is 0 Å². The number of hydrogen-bond donors (Lipinski definition) is 1. The van der Waals surface area contributed by atoms with Crippen LogP contribution in [-0.2, 0) is 0 Å². The zero-order chi connectivity index (χ0) is 11.0. The molecule has 0 spiro atoms. The van der Waals surface area contributed by atoms with E-state index in [-0.39, 0.29) is 0 Å². The fourth-order valence-electron chi connectivity index (χ4n) is 2.60. The molecule has 1 aromatic rings. The average molecular weight is 206 g/mol. The van der Waals surface area contributed by atoms with Crippen LogP contribution in [0.3, 0.4) is 0 Å². The van der Waals surface area contributed by atoms with Gasteiger partial charge >= 0.3 is 0 Å². The van der Waals surface area contributed by atoms with Crippen molar-refractivity contribution in [3.05, 3.63) is 23.0 Å². The van der Waals surface area contributed by atoms with Gasteiger partial charge in [0.1, 0.15) is 0 Å². The standard InChI is InChI=1S/C13H22N2/c1-9(6-7-14)13-8-10(2)15(11(13)3)12-4-5-12/h8-9,12H,4-7,14H2,1-3H3. The third-order valence-corrected chi connectivity index (χ3v) is 3.57. The second-order valence-electron chi connectivity index (χ2n) is 4.91. The first-order valence-electron chi connectivity index (χ1n) is 6.03. The van der Waals surface area contributed by atoms with E-state index in [9.17, 15) is 0 Å². The zero-order valence-electron chi connectivity index (χ0n) is 10.1. The number of aromatic nitrogens is 1. The number of rotatable bonds is 4. The lowest BCUT2D eigenvalue weighted by molar-refractivity contribution is 0.661. The number of nitrogens with two attached hydrogens (primary N) is 1. The van der Waals surface area contributed by atoms with E-state index >= 15 is 0 Å². The first kappa shape index (κ1) is 10.7. The normalized spacial score (nSPS) is 18.1. The van der Waals surface area contributed by atoms with Gasteiger partial charge in [-0.05, 0) is 57.2 Å². The van der Waals surface area contributed by atoms with Gasteiger partial charge in [0.25, 0.3) is 0 Å². The summed E-state index contributed by atoms with van der Waals surface area (Å²) in [6.07, 6.45) is 3.82. The zero-order valence-corrected chi connectivity index (χ0v) is 10.1. The largest absolute Gasteiger partial charge is 0.346 e. The Bertz CT molecular complexity index is 348. The highest BCUT2D eigenvalue weighted by molar-refractivity contribution is 5.31. The summed E-state index contributed by atoms with van der Waals surface area (Å²) in [7, 11) is 0. The number of hydrogen-bond acceptors (Lipinski definition) is 1. The van der Waals surface area contributed by atoms with Crippen LogP contribution in [0.1, 0.15) is 55.1 Å². The van der Waals surface area contributed by atoms with Gasteiger partial charge in [-0.15, -0.1) is 0 Å². The second-order valence-corrected chi connectivity index (χ2v) is 4.91. The quantitative estimate of drug-likeness (QED) is 0.807. The van der Waals surface area contributed by atoms with E-state index in [4.69, 9.17) is 5.73 Å². The third-order valence-electron chi connectivity index (χ3n) is 3.57. The predicted molar refractivity (Wildman–Crippen MR) is 64.3 cm³/mol. The van der Waals surface area contributed by atoms with E-state index in [0.29, 0.717) is 5.92 Å². The van der Waals surface area contributed by atoms with Crippen molar-refractivity contribution in [2.45, 2.75) is 52.0 Å². The molecule has 1 saturated carbocycles. The van der Waals surface area contributed by atoms with Gasteiger partial charge < -0.3 is 10.3 Å². The Balaban J connectivity index is 2.28. The van der Waals surface area contributed by atoms with Crippen LogP contribution < -0.4 is 5.73 Å². The van der Waals surface area contributed by atoms with Gasteiger partial charge in [0.15, 0.2) is 0 Å². The first-order valence-corrected chi connectivity index (χ1v) is 6.03. The molecule has 1 unspecified atom stereocenters. The highest BCUT2D eigenvalue weighted by Gasteiger charge is 2.27. The van der Waals surface area contributed by atoms with Gasteiger partial charge in [-0.2, -0.15) is 0 Å². The van der Waals surface area contributed by atoms with Gasteiger partial charge in [0.05, 0.1) is 0 Å². The Morgan fingerprint density at radius 3 is 2.67 bits per heavy atom. The van der Waals surface area contributed by atoms with Gasteiger partial charge in [-0.1, -0.05) is 6.92 Å². The maximum atomic E-state index is 5.63. The minimum absolute atomic E-state index is 0.605. The highest BCUT2D eigenvalue weighted by atomic mass is 15.1. The Kier molecular flexibility index (Phi) is 2.87. The summed E-state index contributed by atoms with van der Waals surface area (Å²) >= 11 is 0. The molecule has 84 valence electrons. The molecule has 0 aliphatic heterocycles. The van der Waals surface area contributed by atoms with Crippen molar-refractivity contribution in [2.75, 3.05) is 6.54 Å². The molecule has 1 fully saturated rings. The monoisotopic (exact) mass is 206 g/mol. The second kappa shape index (κ2) is 4.01. The molecule has 1 aliphatic rings. The van der Waals surface area contributed by atoms with Crippen molar-refractivity contribution in [2.24, 2.45) is 5.73 Å². The summed E-state index contributed by atoms with van der Waals surface area (Å²) in [5.41, 5.74) is 10.0. The predicted octanol–water partition coefficient (Wildman–Crippen LogP) is 2.89. The van der Waals surface area contributed by atoms with Crippen molar-refractivity contribution in [3.63, 3.8) is 0 Å². The van der Waals surface area contributed by atoms with Gasteiger partial charge in [0.2, 0.25) is 0 Å². The molecule has 0 amide bonds. The van der Waals surface area contributed by atoms with Crippen molar-refractivity contribution >= 4 is 0 Å². The lowest BCUT2D eigenvalue weighted by atomic mass is 9.98. The molecular weight excluding hydrogens is 184 g/mol. The van der Waals surface area contributed by atoms with E-state index in [1.165, 1.54) is 29.8 Å². The fraction of sp³-hybridized carbons (Fsp3) is 0.692. The summed E-state index contributed by atoms with van der Waals surface area (Å²) in [5, 5.41) is 0. The molecule has 1 aliphatic carbocycles. The van der Waals surface area contributed by atoms with E-state index in [2.05, 4.69) is 31.4 Å². The van der Waals surface area contributed by atoms with Crippen molar-refractivity contribution < 1.29 is 0 Å². The molecule has 0 radical (unpaired) electrons. The Labute approximate surface area is 92.5 Å². The third kappa shape index (κ3) is 1.96. The summed E-state index contributed by atoms with van der Waals surface area (Å²) in [6, 6.07) is 3.15. The number of nitrogens with zero attached hydrogens (tertiary/aromatic N) is 1. The molecule has 0 saturated heterocycles. The summed E-state index contributed by atoms with van der Waals surface area (Å²) in [5.74, 6) is 0.605. The summed E-state index contributed by atoms with van der Waals surface area (Å²) in [4.78, 5) is 0. The summed E-state index contributed by atoms with van der Waals surface area (Å²) in [6.45, 7) is 7.55. The van der Waals surface area contributed by atoms with Crippen LogP contribution in [0.25, 0.3) is 0 Å². The highest BCUT2D eigenvalue weighted by Crippen LogP contribution is 2.39. The molecule has 2 rings (SSSR count). The average Bonchev–Trinajstić information content (AvgIpc) is 2.95. The minimum atomic E-state index is 0.605. The van der Waals surface area contributed by atoms with Crippen molar-refractivity contribution in [1.29, 1.82) is 0 Å². The molecule has 1 aromatic heterocycles. The first-order chi connectivity index (χ1) is 7.15. The topological polar surface area (TPSA) is 30.9 Å². The minimum Gasteiger partial charge on any atom is -0.346 e. The molecule has 1 atom stereocenters. The van der Waals surface area contributed by atoms with Gasteiger partial charge in [0, 0.05) is 17.4 Å². The van der Waals surface area contributed by atoms with E-state index in [1.54, 1.807) is 0 Å². The maximum absolute atomic E-state index is 5.63. The lowest BCUT2D eigenvalue weighted by Crippen LogP contribution is -2.06. The van der Waals surface area contributed by atoms with Crippen LogP contribution in [0.5, 0.6) is 0 Å². The lowest BCUT2D eigenvalue weighted by Gasteiger charge is -2.12. The van der Waals surface area contributed by atoms with Crippen LogP contribution in [0.4, 0.5) is 0 Å². The van der Waals surface area contributed by atoms with Gasteiger partial charge in [-0.3, -0.25) is 0 Å². The molecule has 15 heavy (non-hydrogen) atoms. The van der Waals surface area contributed by atoms with E-state index in [1.807, 2.05) is 0 Å². The Hall–Kier alpha value is -0.760. The Morgan fingerprint density at radius 1 is 1.47 bits per heavy atom. The maximum Gasteiger partial charge on any atom is 0.0337 e. The molecule has 2 heteroatoms. The molecule has 2 nitrogen and oxygen atoms in total. The molecule has 0 aromatic carbocycles. The molecule has 2 N–H and O–H groups in total. The number of aryl methyl sites for hydroxylation is 1. The van der Waals surface area contributed by atoms with Crippen LogP contribution in [-0.4, -0.2) is 11.1 Å². The molecule has 1 heterocycles. The smallest absolute Gasteiger partial charge is 0.0337 e. The van der Waals surface area contributed by atoms with Gasteiger partial charge in [-0.25, -0.2) is 0 Å². The summed E-state index contributed by atoms with van der Waals surface area (Å²) < 4.78 is 2.52. The molecule has 0 bridgehead atoms. The van der Waals surface area contributed by atoms with Crippen LogP contribution >= 0.6 is 0 Å². The van der Waals surface area contributed by atoms with E-state index < -0.39 is 0 Å². The van der Waals surface area contributed by atoms with Crippen LogP contribution in [0, 0.1) is 13.8 Å². The van der Waals surface area contributed by atoms with Crippen LogP contribution in [0.15, 0.2) is 6.07 Å². The van der Waals surface area contributed by atoms with Crippen molar-refractivity contribution in [1.82, 2.24) is 4.57 Å². The Morgan fingerprint density at radius 2 is 2.13 bits per heavy atom. The molecular formula is C13H22N2. The van der Waals surface area contributed by atoms with Crippen molar-refractivity contribution in [3.8, 4) is 0 Å². The fourth-order valence-corrected chi connectivity index (χ4v) is 2.60. The van der Waals surface area contributed by atoms with E-state index in [0.717, 1.165) is 19.0 Å². The SMILES string of the molecule is Cc1cc(C(C)CCN)c(C)n1C1CC1.